The van der Waals surface area contributed by atoms with Crippen LogP contribution >= 0.6 is 0 Å². The Morgan fingerprint density at radius 3 is 2.56 bits per heavy atom. The largest absolute Gasteiger partial charge is 0.489 e. The Morgan fingerprint density at radius 1 is 1.11 bits per heavy atom. The van der Waals surface area contributed by atoms with Crippen LogP contribution in [0.2, 0.25) is 0 Å². The molecule has 0 saturated carbocycles. The van der Waals surface area contributed by atoms with Gasteiger partial charge in [-0.25, -0.2) is 13.2 Å². The van der Waals surface area contributed by atoms with E-state index in [1.807, 2.05) is 6.08 Å². The van der Waals surface area contributed by atoms with Crippen molar-refractivity contribution in [2.45, 2.75) is 24.8 Å². The van der Waals surface area contributed by atoms with Crippen molar-refractivity contribution in [3.05, 3.63) is 76.6 Å². The molecule has 0 unspecified atom stereocenters. The monoisotopic (exact) mass is 376 g/mol. The van der Waals surface area contributed by atoms with E-state index in [1.165, 1.54) is 0 Å². The molecule has 2 aromatic rings. The smallest absolute Gasteiger partial charge is 0.248 e. The molecule has 4 N–H and O–H groups in total. The fraction of sp³-hybridized carbons (Fsp3) is 0.250. The van der Waals surface area contributed by atoms with Gasteiger partial charge in [0.25, 0.3) is 0 Å². The second kappa shape index (κ2) is 7.84. The minimum atomic E-state index is -1.22. The molecular formula is C20H19F3N2O2. The number of carbonyl (C=O) groups excluding carboxylic acids is 1. The minimum Gasteiger partial charge on any atom is -0.489 e. The van der Waals surface area contributed by atoms with Crippen LogP contribution in [-0.4, -0.2) is 18.6 Å². The lowest BCUT2D eigenvalue weighted by Crippen LogP contribution is -2.33. The number of nitrogens with two attached hydrogens (primary N) is 2. The summed E-state index contributed by atoms with van der Waals surface area (Å²) in [6.45, 7) is 0.253. The highest BCUT2D eigenvalue weighted by Gasteiger charge is 2.28. The van der Waals surface area contributed by atoms with Crippen LogP contribution in [0, 0.1) is 17.5 Å². The topological polar surface area (TPSA) is 78.3 Å². The van der Waals surface area contributed by atoms with Crippen LogP contribution in [0.5, 0.6) is 5.75 Å². The van der Waals surface area contributed by atoms with Gasteiger partial charge < -0.3 is 16.2 Å². The molecular weight excluding hydrogens is 357 g/mol. The molecule has 1 aliphatic carbocycles. The van der Waals surface area contributed by atoms with Crippen molar-refractivity contribution < 1.29 is 22.7 Å². The van der Waals surface area contributed by atoms with Gasteiger partial charge in [0.1, 0.15) is 18.2 Å². The molecule has 142 valence electrons. The van der Waals surface area contributed by atoms with Gasteiger partial charge in [0.15, 0.2) is 11.6 Å². The Kier molecular flexibility index (Phi) is 5.51. The van der Waals surface area contributed by atoms with Crippen molar-refractivity contribution in [1.29, 1.82) is 0 Å². The van der Waals surface area contributed by atoms with Crippen LogP contribution in [0.4, 0.5) is 13.2 Å². The Morgan fingerprint density at radius 2 is 1.85 bits per heavy atom. The summed E-state index contributed by atoms with van der Waals surface area (Å²) in [5.41, 5.74) is 12.7. The molecule has 2 aromatic carbocycles. The average Bonchev–Trinajstić information content (AvgIpc) is 2.64. The molecule has 0 fully saturated rings. The number of primary amides is 1. The second-order valence-electron chi connectivity index (χ2n) is 6.54. The molecule has 0 bridgehead atoms. The molecule has 2 atom stereocenters. The molecule has 0 aromatic heterocycles. The van der Waals surface area contributed by atoms with Gasteiger partial charge in [0.05, 0.1) is 0 Å². The number of ether oxygens (including phenoxy) is 1. The first-order valence-corrected chi connectivity index (χ1v) is 8.45. The summed E-state index contributed by atoms with van der Waals surface area (Å²) in [4.78, 5) is 11.2. The third-order valence-electron chi connectivity index (χ3n) is 4.66. The zero-order chi connectivity index (χ0) is 19.6. The van der Waals surface area contributed by atoms with Crippen LogP contribution in [0.15, 0.2) is 48.0 Å². The molecule has 3 rings (SSSR count). The predicted octanol–water partition coefficient (Wildman–Crippen LogP) is 3.41. The lowest BCUT2D eigenvalue weighted by molar-refractivity contribution is 0.1000. The SMILES string of the molecule is NC(=O)c1cccc(OCC2=CC[C@H](c3cc(F)c(F)cc3F)[C@@H](N)C2)c1. The molecule has 7 heteroatoms. The van der Waals surface area contributed by atoms with Crippen molar-refractivity contribution in [3.8, 4) is 5.75 Å². The quantitative estimate of drug-likeness (QED) is 0.620. The Hall–Kier alpha value is -2.80. The highest BCUT2D eigenvalue weighted by Crippen LogP contribution is 2.34. The van der Waals surface area contributed by atoms with Crippen molar-refractivity contribution in [2.75, 3.05) is 6.61 Å². The van der Waals surface area contributed by atoms with Gasteiger partial charge in [-0.15, -0.1) is 0 Å². The maximum Gasteiger partial charge on any atom is 0.248 e. The summed E-state index contributed by atoms with van der Waals surface area (Å²) >= 11 is 0. The molecule has 0 heterocycles. The van der Waals surface area contributed by atoms with Crippen molar-refractivity contribution in [3.63, 3.8) is 0 Å². The first-order chi connectivity index (χ1) is 12.8. The minimum absolute atomic E-state index is 0.0757. The molecule has 0 radical (unpaired) electrons. The first kappa shape index (κ1) is 19.0. The van der Waals surface area contributed by atoms with E-state index in [1.54, 1.807) is 24.3 Å². The lowest BCUT2D eigenvalue weighted by atomic mass is 9.81. The van der Waals surface area contributed by atoms with E-state index < -0.39 is 35.3 Å². The normalized spacial score (nSPS) is 19.5. The number of carbonyl (C=O) groups is 1. The fourth-order valence-corrected chi connectivity index (χ4v) is 3.21. The average molecular weight is 376 g/mol. The number of benzene rings is 2. The summed E-state index contributed by atoms with van der Waals surface area (Å²) < 4.78 is 46.3. The number of halogens is 3. The van der Waals surface area contributed by atoms with Crippen LogP contribution in [0.1, 0.15) is 34.7 Å². The van der Waals surface area contributed by atoms with E-state index in [0.717, 1.165) is 11.6 Å². The molecule has 1 amide bonds. The highest BCUT2D eigenvalue weighted by atomic mass is 19.2. The van der Waals surface area contributed by atoms with Crippen molar-refractivity contribution in [1.82, 2.24) is 0 Å². The van der Waals surface area contributed by atoms with Crippen molar-refractivity contribution in [2.24, 2.45) is 11.5 Å². The summed E-state index contributed by atoms with van der Waals surface area (Å²) in [6.07, 6.45) is 2.69. The van der Waals surface area contributed by atoms with Crippen molar-refractivity contribution >= 4 is 5.91 Å². The number of allylic oxidation sites excluding steroid dienone is 1. The third-order valence-corrected chi connectivity index (χ3v) is 4.66. The lowest BCUT2D eigenvalue weighted by Gasteiger charge is -2.29. The van der Waals surface area contributed by atoms with Gasteiger partial charge in [-0.2, -0.15) is 0 Å². The second-order valence-corrected chi connectivity index (χ2v) is 6.54. The molecule has 27 heavy (non-hydrogen) atoms. The zero-order valence-corrected chi connectivity index (χ0v) is 14.4. The molecule has 4 nitrogen and oxygen atoms in total. The predicted molar refractivity (Wildman–Crippen MR) is 94.8 cm³/mol. The van der Waals surface area contributed by atoms with E-state index in [4.69, 9.17) is 16.2 Å². The van der Waals surface area contributed by atoms with Gasteiger partial charge >= 0.3 is 0 Å². The van der Waals surface area contributed by atoms with Gasteiger partial charge in [-0.3, -0.25) is 4.79 Å². The number of amides is 1. The van der Waals surface area contributed by atoms with E-state index in [0.29, 0.717) is 30.2 Å². The van der Waals surface area contributed by atoms with Crippen LogP contribution < -0.4 is 16.2 Å². The zero-order valence-electron chi connectivity index (χ0n) is 14.4. The van der Waals surface area contributed by atoms with Gasteiger partial charge in [-0.05, 0) is 48.2 Å². The maximum absolute atomic E-state index is 14.0. The van der Waals surface area contributed by atoms with Crippen LogP contribution in [-0.2, 0) is 0 Å². The summed E-state index contributed by atoms with van der Waals surface area (Å²) in [5, 5.41) is 0. The molecule has 0 aliphatic heterocycles. The summed E-state index contributed by atoms with van der Waals surface area (Å²) in [7, 11) is 0. The summed E-state index contributed by atoms with van der Waals surface area (Å²) in [6, 6.07) is 7.47. The van der Waals surface area contributed by atoms with E-state index in [9.17, 15) is 18.0 Å². The molecule has 0 spiro atoms. The number of hydrogen-bond donors (Lipinski definition) is 2. The highest BCUT2D eigenvalue weighted by molar-refractivity contribution is 5.93. The van der Waals surface area contributed by atoms with E-state index in [2.05, 4.69) is 0 Å². The number of hydrogen-bond acceptors (Lipinski definition) is 3. The molecule has 1 aliphatic rings. The Bertz CT molecular complexity index is 899. The Labute approximate surface area is 154 Å². The van der Waals surface area contributed by atoms with Crippen LogP contribution in [0.3, 0.4) is 0 Å². The maximum atomic E-state index is 14.0. The first-order valence-electron chi connectivity index (χ1n) is 8.45. The van der Waals surface area contributed by atoms with Crippen LogP contribution in [0.25, 0.3) is 0 Å². The van der Waals surface area contributed by atoms with Gasteiger partial charge in [0.2, 0.25) is 5.91 Å². The molecule has 0 saturated heterocycles. The fourth-order valence-electron chi connectivity index (χ4n) is 3.21. The van der Waals surface area contributed by atoms with Gasteiger partial charge in [0, 0.05) is 23.6 Å². The van der Waals surface area contributed by atoms with E-state index >= 15 is 0 Å². The van der Waals surface area contributed by atoms with E-state index in [-0.39, 0.29) is 12.2 Å². The number of rotatable bonds is 5. The van der Waals surface area contributed by atoms with Gasteiger partial charge in [-0.1, -0.05) is 12.1 Å². The Balaban J connectivity index is 1.68. The third kappa shape index (κ3) is 4.31. The summed E-state index contributed by atoms with van der Waals surface area (Å²) in [5.74, 6) is -3.60. The standard InChI is InChI=1S/C20H19F3N2O2/c21-16-9-18(23)17(22)8-15(16)14-5-4-11(6-19(14)24)10-27-13-3-1-2-12(7-13)20(25)26/h1-4,7-9,14,19H,5-6,10,24H2,(H2,25,26)/t14-,19+/m1/s1.